The van der Waals surface area contributed by atoms with Crippen LogP contribution in [0, 0.1) is 0 Å². The lowest BCUT2D eigenvalue weighted by atomic mass is 10.5. The van der Waals surface area contributed by atoms with Gasteiger partial charge in [-0.05, 0) is 29.6 Å². The molecule has 12 heavy (non-hydrogen) atoms. The number of nitrogen functional groups attached to an aromatic ring is 1. The Kier molecular flexibility index (Phi) is 3.88. The van der Waals surface area contributed by atoms with Gasteiger partial charge >= 0.3 is 0 Å². The van der Waals surface area contributed by atoms with Crippen LogP contribution in [0.5, 0.6) is 0 Å². The molecule has 0 saturated carbocycles. The number of hydrogen-bond acceptors (Lipinski definition) is 3. The minimum absolute atomic E-state index is 0.884. The van der Waals surface area contributed by atoms with E-state index >= 15 is 0 Å². The fraction of sp³-hybridized carbons (Fsp3) is 0. The maximum Gasteiger partial charge on any atom is 0.0856 e. The van der Waals surface area contributed by atoms with E-state index in [4.69, 9.17) is 5.73 Å². The monoisotopic (exact) mass is 178 g/mol. The minimum Gasteiger partial charge on any atom is -0.391 e. The van der Waals surface area contributed by atoms with Crippen molar-refractivity contribution in [3.63, 3.8) is 0 Å². The molecule has 0 bridgehead atoms. The van der Waals surface area contributed by atoms with E-state index in [1.807, 2.05) is 35.7 Å². The van der Waals surface area contributed by atoms with Crippen LogP contribution in [0.15, 0.2) is 48.1 Å². The van der Waals surface area contributed by atoms with Crippen molar-refractivity contribution in [1.29, 1.82) is 0 Å². The van der Waals surface area contributed by atoms with E-state index in [1.165, 1.54) is 0 Å². The fourth-order valence-electron chi connectivity index (χ4n) is 0.604. The molecular formula is C9H10N2S. The van der Waals surface area contributed by atoms with Gasteiger partial charge in [0.2, 0.25) is 0 Å². The molecule has 0 aliphatic heterocycles. The van der Waals surface area contributed by atoms with Crippen molar-refractivity contribution in [3.05, 3.63) is 48.1 Å². The van der Waals surface area contributed by atoms with Gasteiger partial charge in [0.05, 0.1) is 5.00 Å². The van der Waals surface area contributed by atoms with Crippen molar-refractivity contribution >= 4 is 16.3 Å². The van der Waals surface area contributed by atoms with Gasteiger partial charge in [-0.3, -0.25) is 4.98 Å². The molecule has 0 aromatic carbocycles. The predicted octanol–water partition coefficient (Wildman–Crippen LogP) is 2.41. The van der Waals surface area contributed by atoms with Crippen LogP contribution < -0.4 is 5.73 Å². The van der Waals surface area contributed by atoms with Crippen LogP contribution in [-0.4, -0.2) is 4.98 Å². The second-order valence-corrected chi connectivity index (χ2v) is 3.02. The summed E-state index contributed by atoms with van der Waals surface area (Å²) in [6.07, 6.45) is 3.50. The fourth-order valence-corrected chi connectivity index (χ4v) is 1.08. The average Bonchev–Trinajstić information content (AvgIpc) is 2.60. The Hall–Kier alpha value is -1.35. The van der Waals surface area contributed by atoms with Crippen LogP contribution in [0.2, 0.25) is 0 Å². The second kappa shape index (κ2) is 5.32. The molecule has 2 heterocycles. The molecular weight excluding hydrogens is 168 g/mol. The van der Waals surface area contributed by atoms with Crippen LogP contribution in [0.4, 0.5) is 5.00 Å². The molecule has 0 fully saturated rings. The van der Waals surface area contributed by atoms with E-state index < -0.39 is 0 Å². The number of anilines is 1. The Balaban J connectivity index is 0.000000120. The number of nitrogens with two attached hydrogens (primary N) is 1. The molecule has 2 rings (SSSR count). The molecule has 0 saturated heterocycles. The maximum absolute atomic E-state index is 5.30. The summed E-state index contributed by atoms with van der Waals surface area (Å²) >= 11 is 1.56. The third-order valence-corrected chi connectivity index (χ3v) is 1.81. The third-order valence-electron chi connectivity index (χ3n) is 1.11. The molecule has 0 aliphatic carbocycles. The number of thiophene rings is 1. The van der Waals surface area contributed by atoms with Gasteiger partial charge in [-0.1, -0.05) is 6.07 Å². The Bertz CT molecular complexity index is 252. The Morgan fingerprint density at radius 3 is 2.00 bits per heavy atom. The topological polar surface area (TPSA) is 38.9 Å². The van der Waals surface area contributed by atoms with E-state index in [-0.39, 0.29) is 0 Å². The summed E-state index contributed by atoms with van der Waals surface area (Å²) in [5.41, 5.74) is 5.30. The molecule has 0 aliphatic rings. The van der Waals surface area contributed by atoms with E-state index in [0.717, 1.165) is 5.00 Å². The summed E-state index contributed by atoms with van der Waals surface area (Å²) in [4.78, 5) is 3.78. The number of rotatable bonds is 0. The first-order valence-electron chi connectivity index (χ1n) is 3.53. The maximum atomic E-state index is 5.30. The van der Waals surface area contributed by atoms with Gasteiger partial charge in [-0.25, -0.2) is 0 Å². The molecule has 2 aromatic rings. The number of hydrogen-bond donors (Lipinski definition) is 1. The Labute approximate surface area is 75.7 Å². The molecule has 3 heteroatoms. The van der Waals surface area contributed by atoms with Crippen molar-refractivity contribution in [2.45, 2.75) is 0 Å². The summed E-state index contributed by atoms with van der Waals surface area (Å²) < 4.78 is 0. The van der Waals surface area contributed by atoms with Gasteiger partial charge in [0.1, 0.15) is 0 Å². The van der Waals surface area contributed by atoms with E-state index in [9.17, 15) is 0 Å². The molecule has 62 valence electrons. The smallest absolute Gasteiger partial charge is 0.0856 e. The van der Waals surface area contributed by atoms with Crippen LogP contribution in [0.1, 0.15) is 0 Å². The number of nitrogens with zero attached hydrogens (tertiary/aromatic N) is 1. The van der Waals surface area contributed by atoms with Gasteiger partial charge in [0.15, 0.2) is 0 Å². The third kappa shape index (κ3) is 3.73. The summed E-state index contributed by atoms with van der Waals surface area (Å²) in [5.74, 6) is 0. The summed E-state index contributed by atoms with van der Waals surface area (Å²) in [5, 5.41) is 2.84. The van der Waals surface area contributed by atoms with Crippen LogP contribution >= 0.6 is 11.3 Å². The van der Waals surface area contributed by atoms with Gasteiger partial charge in [-0.2, -0.15) is 0 Å². The highest BCUT2D eigenvalue weighted by Gasteiger charge is 1.75. The van der Waals surface area contributed by atoms with Gasteiger partial charge < -0.3 is 5.73 Å². The van der Waals surface area contributed by atoms with Crippen molar-refractivity contribution in [2.24, 2.45) is 0 Å². The first-order valence-corrected chi connectivity index (χ1v) is 4.41. The highest BCUT2D eigenvalue weighted by atomic mass is 32.1. The quantitative estimate of drug-likeness (QED) is 0.672. The van der Waals surface area contributed by atoms with Gasteiger partial charge in [0.25, 0.3) is 0 Å². The normalized spacial score (nSPS) is 8.33. The molecule has 2 N–H and O–H groups in total. The molecule has 0 atom stereocenters. The van der Waals surface area contributed by atoms with Gasteiger partial charge in [0, 0.05) is 12.4 Å². The van der Waals surface area contributed by atoms with Crippen LogP contribution in [0.3, 0.4) is 0 Å². The molecule has 0 spiro atoms. The molecule has 0 radical (unpaired) electrons. The minimum atomic E-state index is 0.884. The SMILES string of the molecule is Nc1cccs1.c1ccncc1. The highest BCUT2D eigenvalue weighted by molar-refractivity contribution is 7.13. The number of aromatic nitrogens is 1. The second-order valence-electron chi connectivity index (χ2n) is 2.04. The Morgan fingerprint density at radius 1 is 1.08 bits per heavy atom. The molecule has 0 amide bonds. The zero-order valence-electron chi connectivity index (χ0n) is 6.55. The lowest BCUT2D eigenvalue weighted by Crippen LogP contribution is -1.72. The average molecular weight is 178 g/mol. The zero-order valence-corrected chi connectivity index (χ0v) is 7.37. The van der Waals surface area contributed by atoms with Crippen molar-refractivity contribution in [1.82, 2.24) is 4.98 Å². The molecule has 2 aromatic heterocycles. The van der Waals surface area contributed by atoms with E-state index in [2.05, 4.69) is 4.98 Å². The lowest BCUT2D eigenvalue weighted by molar-refractivity contribution is 1.33. The summed E-state index contributed by atoms with van der Waals surface area (Å²) in [6, 6.07) is 9.53. The molecule has 0 unspecified atom stereocenters. The molecule has 2 nitrogen and oxygen atoms in total. The Morgan fingerprint density at radius 2 is 1.83 bits per heavy atom. The standard InChI is InChI=1S/C5H5N.C4H5NS/c1-2-4-6-5-3-1;5-4-2-1-3-6-4/h1-5H;1-3H,5H2. The zero-order chi connectivity index (χ0) is 8.65. The van der Waals surface area contributed by atoms with E-state index in [1.54, 1.807) is 23.7 Å². The number of pyridine rings is 1. The largest absolute Gasteiger partial charge is 0.391 e. The predicted molar refractivity (Wildman–Crippen MR) is 53.0 cm³/mol. The highest BCUT2D eigenvalue weighted by Crippen LogP contribution is 2.07. The first kappa shape index (κ1) is 8.74. The first-order chi connectivity index (χ1) is 5.89. The summed E-state index contributed by atoms with van der Waals surface area (Å²) in [6.45, 7) is 0. The van der Waals surface area contributed by atoms with Crippen LogP contribution in [0.25, 0.3) is 0 Å². The lowest BCUT2D eigenvalue weighted by Gasteiger charge is -1.70. The van der Waals surface area contributed by atoms with Crippen LogP contribution in [-0.2, 0) is 0 Å². The van der Waals surface area contributed by atoms with Crippen molar-refractivity contribution < 1.29 is 0 Å². The summed E-state index contributed by atoms with van der Waals surface area (Å²) in [7, 11) is 0. The van der Waals surface area contributed by atoms with Crippen molar-refractivity contribution in [2.75, 3.05) is 5.73 Å². The van der Waals surface area contributed by atoms with E-state index in [0.29, 0.717) is 0 Å². The van der Waals surface area contributed by atoms with Crippen molar-refractivity contribution in [3.8, 4) is 0 Å². The van der Waals surface area contributed by atoms with Gasteiger partial charge in [-0.15, -0.1) is 11.3 Å².